The van der Waals surface area contributed by atoms with Crippen LogP contribution in [-0.4, -0.2) is 16.7 Å². The van der Waals surface area contributed by atoms with Crippen LogP contribution in [0.1, 0.15) is 20.8 Å². The molecule has 1 heterocycles. The largest absolute Gasteiger partial charge is 0.444 e. The molecule has 0 fully saturated rings. The maximum Gasteiger partial charge on any atom is 0.412 e. The number of hydrogen-bond donors (Lipinski definition) is 1. The number of nitrogens with zero attached hydrogens (tertiary/aromatic N) is 1. The minimum atomic E-state index is -0.526. The van der Waals surface area contributed by atoms with E-state index in [0.29, 0.717) is 14.4 Å². The highest BCUT2D eigenvalue weighted by Crippen LogP contribution is 2.20. The Morgan fingerprint density at radius 2 is 2.19 bits per heavy atom. The fourth-order valence-corrected chi connectivity index (χ4v) is 1.51. The van der Waals surface area contributed by atoms with E-state index in [1.807, 2.05) is 22.6 Å². The van der Waals surface area contributed by atoms with E-state index >= 15 is 0 Å². The topological polar surface area (TPSA) is 51.2 Å². The Bertz CT molecular complexity index is 404. The summed E-state index contributed by atoms with van der Waals surface area (Å²) in [6.07, 6.45) is 0.998. The van der Waals surface area contributed by atoms with Gasteiger partial charge in [0.05, 0.1) is 10.7 Å². The summed E-state index contributed by atoms with van der Waals surface area (Å²) in [4.78, 5) is 15.5. The molecule has 0 spiro atoms. The van der Waals surface area contributed by atoms with Gasteiger partial charge in [0.15, 0.2) is 0 Å². The summed E-state index contributed by atoms with van der Waals surface area (Å²) >= 11 is 7.78. The summed E-state index contributed by atoms with van der Waals surface area (Å²) in [6, 6.07) is 1.63. The van der Waals surface area contributed by atoms with Crippen LogP contribution in [0.2, 0.25) is 5.02 Å². The molecule has 1 aromatic rings. The lowest BCUT2D eigenvalue weighted by Crippen LogP contribution is -2.27. The monoisotopic (exact) mass is 354 g/mol. The van der Waals surface area contributed by atoms with Crippen LogP contribution in [0, 0.1) is 3.70 Å². The van der Waals surface area contributed by atoms with Crippen LogP contribution in [-0.2, 0) is 4.74 Å². The van der Waals surface area contributed by atoms with Gasteiger partial charge in [-0.3, -0.25) is 5.32 Å². The molecule has 1 amide bonds. The molecule has 0 radical (unpaired) electrons. The average molecular weight is 355 g/mol. The Hall–Kier alpha value is -0.560. The highest BCUT2D eigenvalue weighted by Gasteiger charge is 2.17. The summed E-state index contributed by atoms with van der Waals surface area (Å²) in [5, 5.41) is 3.06. The van der Waals surface area contributed by atoms with Crippen LogP contribution in [0.5, 0.6) is 0 Å². The van der Waals surface area contributed by atoms with Gasteiger partial charge in [-0.15, -0.1) is 0 Å². The van der Waals surface area contributed by atoms with Crippen molar-refractivity contribution < 1.29 is 9.53 Å². The summed E-state index contributed by atoms with van der Waals surface area (Å²) in [7, 11) is 0. The average Bonchev–Trinajstić information content (AvgIpc) is 2.08. The van der Waals surface area contributed by atoms with Crippen molar-refractivity contribution in [1.29, 1.82) is 0 Å². The van der Waals surface area contributed by atoms with Crippen molar-refractivity contribution in [1.82, 2.24) is 4.98 Å². The molecule has 0 aliphatic carbocycles. The molecule has 0 bridgehead atoms. The van der Waals surface area contributed by atoms with E-state index in [1.54, 1.807) is 26.8 Å². The molecule has 1 rings (SSSR count). The lowest BCUT2D eigenvalue weighted by Gasteiger charge is -2.19. The number of carbonyl (C=O) groups is 1. The Morgan fingerprint density at radius 3 is 2.75 bits per heavy atom. The molecule has 0 aliphatic rings. The molecule has 0 aliphatic heterocycles. The van der Waals surface area contributed by atoms with Crippen molar-refractivity contribution in [3.8, 4) is 0 Å². The summed E-state index contributed by atoms with van der Waals surface area (Å²) in [5.74, 6) is 0. The van der Waals surface area contributed by atoms with Gasteiger partial charge in [0.1, 0.15) is 9.30 Å². The summed E-state index contributed by atoms with van der Waals surface area (Å²) in [6.45, 7) is 5.40. The number of halogens is 2. The van der Waals surface area contributed by atoms with E-state index in [9.17, 15) is 4.79 Å². The Morgan fingerprint density at radius 1 is 1.56 bits per heavy atom. The number of aromatic nitrogens is 1. The van der Waals surface area contributed by atoms with Gasteiger partial charge in [0, 0.05) is 6.20 Å². The van der Waals surface area contributed by atoms with E-state index in [-0.39, 0.29) is 0 Å². The van der Waals surface area contributed by atoms with E-state index in [2.05, 4.69) is 10.3 Å². The fraction of sp³-hybridized carbons (Fsp3) is 0.400. The van der Waals surface area contributed by atoms with Gasteiger partial charge in [-0.25, -0.2) is 9.78 Å². The van der Waals surface area contributed by atoms with E-state index in [0.717, 1.165) is 0 Å². The van der Waals surface area contributed by atoms with Gasteiger partial charge in [-0.05, 0) is 49.4 Å². The molecule has 88 valence electrons. The second-order valence-corrected chi connectivity index (χ2v) is 5.58. The first-order valence-electron chi connectivity index (χ1n) is 4.59. The molecule has 0 saturated heterocycles. The number of nitrogens with one attached hydrogen (secondary N) is 1. The van der Waals surface area contributed by atoms with Crippen LogP contribution in [0.25, 0.3) is 0 Å². The number of rotatable bonds is 1. The van der Waals surface area contributed by atoms with Gasteiger partial charge >= 0.3 is 6.09 Å². The lowest BCUT2D eigenvalue weighted by atomic mass is 10.2. The summed E-state index contributed by atoms with van der Waals surface area (Å²) in [5.41, 5.74) is 0.0176. The molecule has 0 aromatic carbocycles. The third kappa shape index (κ3) is 4.52. The second-order valence-electron chi connectivity index (χ2n) is 4.12. The number of amides is 1. The number of anilines is 1. The summed E-state index contributed by atoms with van der Waals surface area (Å²) < 4.78 is 5.77. The second kappa shape index (κ2) is 5.18. The zero-order valence-corrected chi connectivity index (χ0v) is 12.1. The zero-order valence-electron chi connectivity index (χ0n) is 9.17. The standard InChI is InChI=1S/C10H12ClIN2O2/c1-10(2,3)16-9(15)14-7-4-6(11)5-13-8(7)12/h4-5H,1-3H3,(H,14,15). The molecule has 0 unspecified atom stereocenters. The van der Waals surface area contributed by atoms with Gasteiger partial charge < -0.3 is 4.74 Å². The van der Waals surface area contributed by atoms with E-state index in [4.69, 9.17) is 16.3 Å². The third-order valence-electron chi connectivity index (χ3n) is 1.44. The molecule has 6 heteroatoms. The van der Waals surface area contributed by atoms with E-state index in [1.165, 1.54) is 6.20 Å². The van der Waals surface area contributed by atoms with Crippen molar-refractivity contribution in [2.75, 3.05) is 5.32 Å². The number of carbonyl (C=O) groups excluding carboxylic acids is 1. The number of ether oxygens (including phenoxy) is 1. The van der Waals surface area contributed by atoms with Crippen LogP contribution in [0.3, 0.4) is 0 Å². The first-order valence-corrected chi connectivity index (χ1v) is 6.04. The predicted molar refractivity (Wildman–Crippen MR) is 71.8 cm³/mol. The minimum absolute atomic E-state index is 0.464. The highest BCUT2D eigenvalue weighted by atomic mass is 127. The maximum absolute atomic E-state index is 11.5. The van der Waals surface area contributed by atoms with Gasteiger partial charge in [-0.1, -0.05) is 11.6 Å². The maximum atomic E-state index is 11.5. The molecular formula is C10H12ClIN2O2. The lowest BCUT2D eigenvalue weighted by molar-refractivity contribution is 0.0636. The van der Waals surface area contributed by atoms with Crippen LogP contribution >= 0.6 is 34.2 Å². The van der Waals surface area contributed by atoms with Crippen molar-refractivity contribution >= 4 is 46.0 Å². The Labute approximate surface area is 113 Å². The smallest absolute Gasteiger partial charge is 0.412 e. The van der Waals surface area contributed by atoms with Crippen molar-refractivity contribution in [2.45, 2.75) is 26.4 Å². The van der Waals surface area contributed by atoms with Crippen LogP contribution < -0.4 is 5.32 Å². The molecule has 1 N–H and O–H groups in total. The van der Waals surface area contributed by atoms with Gasteiger partial charge in [0.25, 0.3) is 0 Å². The normalized spacial score (nSPS) is 11.1. The molecule has 0 atom stereocenters. The molecule has 1 aromatic heterocycles. The van der Waals surface area contributed by atoms with Crippen LogP contribution in [0.15, 0.2) is 12.3 Å². The Kier molecular flexibility index (Phi) is 4.37. The molecule has 16 heavy (non-hydrogen) atoms. The van der Waals surface area contributed by atoms with Crippen molar-refractivity contribution in [3.05, 3.63) is 21.0 Å². The van der Waals surface area contributed by atoms with Crippen molar-refractivity contribution in [2.24, 2.45) is 0 Å². The SMILES string of the molecule is CC(C)(C)OC(=O)Nc1cc(Cl)cnc1I. The molecule has 0 saturated carbocycles. The third-order valence-corrected chi connectivity index (χ3v) is 2.51. The van der Waals surface area contributed by atoms with Crippen LogP contribution in [0.4, 0.5) is 10.5 Å². The van der Waals surface area contributed by atoms with Gasteiger partial charge in [-0.2, -0.15) is 0 Å². The Balaban J connectivity index is 2.73. The van der Waals surface area contributed by atoms with E-state index < -0.39 is 11.7 Å². The van der Waals surface area contributed by atoms with Gasteiger partial charge in [0.2, 0.25) is 0 Å². The predicted octanol–water partition coefficient (Wildman–Crippen LogP) is 3.69. The first-order chi connectivity index (χ1) is 7.28. The number of pyridine rings is 1. The highest BCUT2D eigenvalue weighted by molar-refractivity contribution is 14.1. The first kappa shape index (κ1) is 13.5. The fourth-order valence-electron chi connectivity index (χ4n) is 0.924. The van der Waals surface area contributed by atoms with Crippen molar-refractivity contribution in [3.63, 3.8) is 0 Å². The zero-order chi connectivity index (χ0) is 12.3. The quantitative estimate of drug-likeness (QED) is 0.618. The molecular weight excluding hydrogens is 342 g/mol. The minimum Gasteiger partial charge on any atom is -0.444 e. The number of hydrogen-bond acceptors (Lipinski definition) is 3. The molecule has 4 nitrogen and oxygen atoms in total.